The first kappa shape index (κ1) is 7.06. The van der Waals surface area contributed by atoms with Crippen LogP contribution < -0.4 is 10.7 Å². The molecule has 1 aromatic rings. The first-order valence-corrected chi connectivity index (χ1v) is 3.54. The van der Waals surface area contributed by atoms with Crippen LogP contribution in [0.2, 0.25) is 0 Å². The number of hydrogen-bond donors (Lipinski definition) is 1. The molecule has 0 atom stereocenters. The summed E-state index contributed by atoms with van der Waals surface area (Å²) in [7, 11) is 0. The van der Waals surface area contributed by atoms with Gasteiger partial charge in [0.05, 0.1) is 17.0 Å². The molecular formula is C8H12N2. The Hall–Kier alpha value is -1.05. The summed E-state index contributed by atoms with van der Waals surface area (Å²) in [4.78, 5) is 7.18. The van der Waals surface area contributed by atoms with Gasteiger partial charge in [-0.2, -0.15) is 0 Å². The number of imidazole rings is 1. The van der Waals surface area contributed by atoms with Crippen LogP contribution in [-0.4, -0.2) is 9.97 Å². The van der Waals surface area contributed by atoms with Gasteiger partial charge in [0.2, 0.25) is 0 Å². The van der Waals surface area contributed by atoms with Crippen LogP contribution in [0.25, 0.3) is 12.2 Å². The lowest BCUT2D eigenvalue weighted by Crippen LogP contribution is -2.23. The van der Waals surface area contributed by atoms with Gasteiger partial charge >= 0.3 is 0 Å². The van der Waals surface area contributed by atoms with E-state index in [1.807, 2.05) is 13.0 Å². The molecule has 0 spiro atoms. The lowest BCUT2D eigenvalue weighted by molar-refractivity contribution is 1.23. The zero-order valence-electron chi connectivity index (χ0n) is 6.39. The van der Waals surface area contributed by atoms with E-state index < -0.39 is 0 Å². The monoisotopic (exact) mass is 136 g/mol. The Morgan fingerprint density at radius 2 is 2.50 bits per heavy atom. The Labute approximate surface area is 60.3 Å². The van der Waals surface area contributed by atoms with Gasteiger partial charge in [-0.3, -0.25) is 0 Å². The summed E-state index contributed by atoms with van der Waals surface area (Å²) in [6.45, 7) is 4.11. The minimum atomic E-state index is 1.03. The van der Waals surface area contributed by atoms with Gasteiger partial charge in [-0.05, 0) is 13.3 Å². The molecule has 0 aliphatic carbocycles. The topological polar surface area (TPSA) is 28.7 Å². The van der Waals surface area contributed by atoms with Crippen molar-refractivity contribution in [3.8, 4) is 0 Å². The molecule has 1 N–H and O–H groups in total. The molecule has 1 heterocycles. The summed E-state index contributed by atoms with van der Waals surface area (Å²) >= 11 is 0. The molecule has 0 bridgehead atoms. The SMILES string of the molecule is C/C=c1/[nH]cn/c1=C/CC. The highest BCUT2D eigenvalue weighted by Gasteiger charge is 1.81. The van der Waals surface area contributed by atoms with Crippen LogP contribution in [0.5, 0.6) is 0 Å². The van der Waals surface area contributed by atoms with E-state index >= 15 is 0 Å². The lowest BCUT2D eigenvalue weighted by Gasteiger charge is -1.75. The molecule has 0 radical (unpaired) electrons. The van der Waals surface area contributed by atoms with E-state index in [-0.39, 0.29) is 0 Å². The van der Waals surface area contributed by atoms with Crippen molar-refractivity contribution < 1.29 is 0 Å². The largest absolute Gasteiger partial charge is 0.345 e. The van der Waals surface area contributed by atoms with Crippen LogP contribution in [-0.2, 0) is 0 Å². The van der Waals surface area contributed by atoms with Gasteiger partial charge in [0.25, 0.3) is 0 Å². The fourth-order valence-corrected chi connectivity index (χ4v) is 0.902. The summed E-state index contributed by atoms with van der Waals surface area (Å²) in [6.07, 6.45) is 6.88. The van der Waals surface area contributed by atoms with Crippen LogP contribution >= 0.6 is 0 Å². The maximum atomic E-state index is 4.13. The average Bonchev–Trinajstić information content (AvgIpc) is 2.36. The van der Waals surface area contributed by atoms with E-state index in [0.29, 0.717) is 0 Å². The number of H-pyrrole nitrogens is 1. The van der Waals surface area contributed by atoms with E-state index in [1.54, 1.807) is 6.33 Å². The number of aromatic nitrogens is 2. The molecule has 0 aromatic carbocycles. The zero-order valence-corrected chi connectivity index (χ0v) is 6.39. The van der Waals surface area contributed by atoms with Crippen LogP contribution in [0.1, 0.15) is 20.3 Å². The molecule has 10 heavy (non-hydrogen) atoms. The second-order valence-electron chi connectivity index (χ2n) is 2.10. The van der Waals surface area contributed by atoms with Gasteiger partial charge in [-0.25, -0.2) is 4.98 Å². The molecule has 0 fully saturated rings. The first-order chi connectivity index (χ1) is 4.88. The molecule has 2 nitrogen and oxygen atoms in total. The predicted octanol–water partition coefficient (Wildman–Crippen LogP) is 0.401. The van der Waals surface area contributed by atoms with Crippen molar-refractivity contribution in [2.24, 2.45) is 0 Å². The summed E-state index contributed by atoms with van der Waals surface area (Å²) in [5.41, 5.74) is 0. The second-order valence-corrected chi connectivity index (χ2v) is 2.10. The average molecular weight is 136 g/mol. The maximum Gasteiger partial charge on any atom is 0.0931 e. The molecule has 1 rings (SSSR count). The summed E-state index contributed by atoms with van der Waals surface area (Å²) in [5, 5.41) is 2.17. The van der Waals surface area contributed by atoms with Gasteiger partial charge in [-0.1, -0.05) is 19.1 Å². The third-order valence-electron chi connectivity index (χ3n) is 1.39. The quantitative estimate of drug-likeness (QED) is 0.595. The predicted molar refractivity (Wildman–Crippen MR) is 42.7 cm³/mol. The third-order valence-corrected chi connectivity index (χ3v) is 1.39. The molecule has 0 amide bonds. The van der Waals surface area contributed by atoms with Crippen molar-refractivity contribution in [3.63, 3.8) is 0 Å². The highest BCUT2D eigenvalue weighted by atomic mass is 14.8. The number of nitrogens with zero attached hydrogens (tertiary/aromatic N) is 1. The summed E-state index contributed by atoms with van der Waals surface area (Å²) in [6, 6.07) is 0. The Morgan fingerprint density at radius 1 is 1.70 bits per heavy atom. The number of aromatic amines is 1. The lowest BCUT2D eigenvalue weighted by atomic mass is 10.4. The Bertz CT molecular complexity index is 295. The van der Waals surface area contributed by atoms with Crippen molar-refractivity contribution in [1.29, 1.82) is 0 Å². The fourth-order valence-electron chi connectivity index (χ4n) is 0.902. The van der Waals surface area contributed by atoms with Crippen molar-refractivity contribution >= 4 is 12.2 Å². The van der Waals surface area contributed by atoms with E-state index in [0.717, 1.165) is 17.1 Å². The van der Waals surface area contributed by atoms with Crippen molar-refractivity contribution in [3.05, 3.63) is 17.0 Å². The van der Waals surface area contributed by atoms with E-state index in [2.05, 4.69) is 23.0 Å². The summed E-state index contributed by atoms with van der Waals surface area (Å²) in [5.74, 6) is 0. The van der Waals surface area contributed by atoms with Gasteiger partial charge in [0.15, 0.2) is 0 Å². The van der Waals surface area contributed by atoms with Gasteiger partial charge < -0.3 is 4.98 Å². The second kappa shape index (κ2) is 3.20. The van der Waals surface area contributed by atoms with E-state index in [9.17, 15) is 0 Å². The number of nitrogens with one attached hydrogen (secondary N) is 1. The molecule has 0 aliphatic rings. The molecule has 1 aromatic heterocycles. The first-order valence-electron chi connectivity index (χ1n) is 3.54. The maximum absolute atomic E-state index is 4.13. The van der Waals surface area contributed by atoms with Crippen molar-refractivity contribution in [1.82, 2.24) is 9.97 Å². The molecule has 0 saturated carbocycles. The normalized spacial score (nSPS) is 14.6. The minimum Gasteiger partial charge on any atom is -0.345 e. The number of rotatable bonds is 1. The number of hydrogen-bond acceptors (Lipinski definition) is 1. The van der Waals surface area contributed by atoms with Crippen LogP contribution in [0, 0.1) is 0 Å². The Morgan fingerprint density at radius 3 is 3.10 bits per heavy atom. The van der Waals surface area contributed by atoms with Gasteiger partial charge in [-0.15, -0.1) is 0 Å². The van der Waals surface area contributed by atoms with Crippen molar-refractivity contribution in [2.75, 3.05) is 0 Å². The van der Waals surface area contributed by atoms with Crippen LogP contribution in [0.15, 0.2) is 6.33 Å². The highest BCUT2D eigenvalue weighted by Crippen LogP contribution is 1.71. The smallest absolute Gasteiger partial charge is 0.0931 e. The molecule has 0 saturated heterocycles. The molecule has 54 valence electrons. The fraction of sp³-hybridized carbons (Fsp3) is 0.375. The van der Waals surface area contributed by atoms with Crippen molar-refractivity contribution in [2.45, 2.75) is 20.3 Å². The zero-order chi connectivity index (χ0) is 7.40. The molecule has 2 heteroatoms. The Balaban J connectivity index is 3.28. The highest BCUT2D eigenvalue weighted by molar-refractivity contribution is 5.22. The van der Waals surface area contributed by atoms with E-state index in [1.165, 1.54) is 0 Å². The summed E-state index contributed by atoms with van der Waals surface area (Å²) < 4.78 is 0. The van der Waals surface area contributed by atoms with Crippen LogP contribution in [0.3, 0.4) is 0 Å². The molecular weight excluding hydrogens is 124 g/mol. The third kappa shape index (κ3) is 1.26. The van der Waals surface area contributed by atoms with Gasteiger partial charge in [0.1, 0.15) is 0 Å². The van der Waals surface area contributed by atoms with Crippen LogP contribution in [0.4, 0.5) is 0 Å². The van der Waals surface area contributed by atoms with Gasteiger partial charge in [0, 0.05) is 0 Å². The van der Waals surface area contributed by atoms with E-state index in [4.69, 9.17) is 0 Å². The minimum absolute atomic E-state index is 1.03. The standard InChI is InChI=1S/C8H12N2/c1-3-5-8-7(4-2)9-6-10-8/h4-6H,3H2,1-2H3,(H,9,10)/b7-4+,8-5+. The molecule has 0 unspecified atom stereocenters. The Kier molecular flexibility index (Phi) is 2.26. The molecule has 0 aliphatic heterocycles.